The molecule has 1 unspecified atom stereocenters. The number of carbonyl (C=O) groups is 1. The van der Waals surface area contributed by atoms with Gasteiger partial charge >= 0.3 is 6.36 Å². The molecular formula is C16H11F3N2O3S. The number of hydrogen-bond donors (Lipinski definition) is 0. The lowest BCUT2D eigenvalue weighted by molar-refractivity contribution is -0.274. The average molecular weight is 368 g/mol. The minimum absolute atomic E-state index is 0.316. The van der Waals surface area contributed by atoms with Gasteiger partial charge in [-0.05, 0) is 47.1 Å². The number of alkyl halides is 3. The van der Waals surface area contributed by atoms with Crippen LogP contribution in [0.15, 0.2) is 56.7 Å². The lowest BCUT2D eigenvalue weighted by atomic mass is 10.2. The van der Waals surface area contributed by atoms with Crippen molar-refractivity contribution in [2.45, 2.75) is 11.3 Å². The largest absolute Gasteiger partial charge is 0.573 e. The highest BCUT2D eigenvalue weighted by Crippen LogP contribution is 2.34. The Morgan fingerprint density at radius 2 is 1.96 bits per heavy atom. The molecule has 25 heavy (non-hydrogen) atoms. The van der Waals surface area contributed by atoms with Gasteiger partial charge in [0, 0.05) is 5.56 Å². The van der Waals surface area contributed by atoms with E-state index in [0.717, 1.165) is 0 Å². The third-order valence-corrected chi connectivity index (χ3v) is 4.62. The maximum Gasteiger partial charge on any atom is 0.573 e. The second-order valence-electron chi connectivity index (χ2n) is 4.85. The summed E-state index contributed by atoms with van der Waals surface area (Å²) in [6, 6.07) is 10.2. The molecule has 1 aliphatic heterocycles. The van der Waals surface area contributed by atoms with Crippen molar-refractivity contribution in [1.82, 2.24) is 0 Å². The summed E-state index contributed by atoms with van der Waals surface area (Å²) in [5.41, 5.74) is 2.21. The second kappa shape index (κ2) is 6.67. The topological polar surface area (TPSA) is 60.2 Å². The number of halogens is 3. The SMILES string of the molecule is COc1cccc(C(=O)N=S2C=Nc3ccc(OC(F)(F)F)cc32)c1. The summed E-state index contributed by atoms with van der Waals surface area (Å²) in [7, 11) is 0.392. The van der Waals surface area contributed by atoms with Crippen LogP contribution in [0.1, 0.15) is 10.4 Å². The summed E-state index contributed by atoms with van der Waals surface area (Å²) >= 11 is 0. The first-order chi connectivity index (χ1) is 11.9. The van der Waals surface area contributed by atoms with Crippen molar-refractivity contribution in [1.29, 1.82) is 0 Å². The summed E-state index contributed by atoms with van der Waals surface area (Å²) in [6.07, 6.45) is -4.79. The minimum atomic E-state index is -4.79. The van der Waals surface area contributed by atoms with E-state index in [9.17, 15) is 18.0 Å². The molecule has 0 spiro atoms. The van der Waals surface area contributed by atoms with Crippen LogP contribution >= 0.6 is 0 Å². The monoisotopic (exact) mass is 368 g/mol. The van der Waals surface area contributed by atoms with Gasteiger partial charge in [0.1, 0.15) is 11.5 Å². The van der Waals surface area contributed by atoms with E-state index in [2.05, 4.69) is 14.1 Å². The summed E-state index contributed by atoms with van der Waals surface area (Å²) in [6.45, 7) is 0. The Morgan fingerprint density at radius 1 is 1.16 bits per heavy atom. The van der Waals surface area contributed by atoms with Crippen LogP contribution in [0.4, 0.5) is 18.9 Å². The molecule has 3 rings (SSSR count). The van der Waals surface area contributed by atoms with Gasteiger partial charge in [0.25, 0.3) is 5.91 Å². The van der Waals surface area contributed by atoms with Crippen molar-refractivity contribution in [2.24, 2.45) is 9.36 Å². The molecule has 0 radical (unpaired) electrons. The Kier molecular flexibility index (Phi) is 4.58. The van der Waals surface area contributed by atoms with Crippen LogP contribution in [0.25, 0.3) is 0 Å². The molecule has 0 saturated carbocycles. The van der Waals surface area contributed by atoms with Crippen molar-refractivity contribution < 1.29 is 27.4 Å². The maximum atomic E-state index is 12.4. The number of fused-ring (bicyclic) bond motifs is 1. The molecule has 1 heterocycles. The fourth-order valence-corrected chi connectivity index (χ4v) is 3.43. The lowest BCUT2D eigenvalue weighted by Gasteiger charge is -2.09. The standard InChI is InChI=1S/C16H11F3N2O3S/c1-23-11-4-2-3-10(7-11)15(22)21-25-9-20-13-6-5-12(8-14(13)25)24-16(17,18)19/h2-9H,1H3. The van der Waals surface area contributed by atoms with Crippen molar-refractivity contribution >= 4 is 27.8 Å². The molecule has 2 aromatic rings. The Bertz CT molecular complexity index is 894. The zero-order valence-electron chi connectivity index (χ0n) is 12.8. The highest BCUT2D eigenvalue weighted by atomic mass is 32.2. The normalized spacial score (nSPS) is 15.9. The number of hydrogen-bond acceptors (Lipinski definition) is 4. The fraction of sp³-hybridized carbons (Fsp3) is 0.125. The van der Waals surface area contributed by atoms with Crippen LogP contribution in [0.3, 0.4) is 0 Å². The van der Waals surface area contributed by atoms with Gasteiger partial charge in [-0.25, -0.2) is 4.99 Å². The second-order valence-corrected chi connectivity index (χ2v) is 6.32. The summed E-state index contributed by atoms with van der Waals surface area (Å²) in [4.78, 5) is 16.8. The van der Waals surface area contributed by atoms with Gasteiger partial charge in [0.15, 0.2) is 0 Å². The van der Waals surface area contributed by atoms with E-state index in [1.165, 1.54) is 36.9 Å². The van der Waals surface area contributed by atoms with E-state index in [-0.39, 0.29) is 5.75 Å². The Labute approximate surface area is 143 Å². The van der Waals surface area contributed by atoms with Crippen LogP contribution in [-0.2, 0) is 10.7 Å². The lowest BCUT2D eigenvalue weighted by Crippen LogP contribution is -2.17. The molecule has 2 aromatic carbocycles. The smallest absolute Gasteiger partial charge is 0.497 e. The molecule has 9 heteroatoms. The molecule has 0 aromatic heterocycles. The van der Waals surface area contributed by atoms with Gasteiger partial charge in [-0.1, -0.05) is 6.07 Å². The first-order valence-electron chi connectivity index (χ1n) is 6.93. The zero-order chi connectivity index (χ0) is 18.0. The molecule has 0 aliphatic carbocycles. The van der Waals surface area contributed by atoms with E-state index in [1.54, 1.807) is 18.2 Å². The van der Waals surface area contributed by atoms with E-state index in [1.807, 2.05) is 0 Å². The van der Waals surface area contributed by atoms with Crippen LogP contribution in [0, 0.1) is 0 Å². The molecular weight excluding hydrogens is 357 g/mol. The number of rotatable bonds is 3. The molecule has 5 nitrogen and oxygen atoms in total. The average Bonchev–Trinajstić information content (AvgIpc) is 2.95. The van der Waals surface area contributed by atoms with E-state index in [4.69, 9.17) is 4.74 Å². The minimum Gasteiger partial charge on any atom is -0.497 e. The third kappa shape index (κ3) is 4.05. The highest BCUT2D eigenvalue weighted by Gasteiger charge is 2.31. The molecule has 1 atom stereocenters. The molecule has 1 aliphatic rings. The van der Waals surface area contributed by atoms with Gasteiger partial charge in [-0.2, -0.15) is 4.36 Å². The van der Waals surface area contributed by atoms with Crippen LogP contribution in [0.2, 0.25) is 0 Å². The van der Waals surface area contributed by atoms with Gasteiger partial charge < -0.3 is 9.47 Å². The Hall–Kier alpha value is -2.68. The third-order valence-electron chi connectivity index (χ3n) is 3.18. The van der Waals surface area contributed by atoms with Crippen molar-refractivity contribution in [2.75, 3.05) is 7.11 Å². The van der Waals surface area contributed by atoms with Crippen molar-refractivity contribution in [3.63, 3.8) is 0 Å². The fourth-order valence-electron chi connectivity index (χ4n) is 2.10. The van der Waals surface area contributed by atoms with Crippen LogP contribution in [0.5, 0.6) is 11.5 Å². The zero-order valence-corrected chi connectivity index (χ0v) is 13.6. The number of carbonyl (C=O) groups excluding carboxylic acids is 1. The van der Waals surface area contributed by atoms with Crippen molar-refractivity contribution in [3.05, 3.63) is 48.0 Å². The molecule has 0 N–H and O–H groups in total. The van der Waals surface area contributed by atoms with E-state index < -0.39 is 23.0 Å². The van der Waals surface area contributed by atoms with E-state index >= 15 is 0 Å². The number of aliphatic imine (C=N–C) groups is 1. The quantitative estimate of drug-likeness (QED) is 0.813. The predicted molar refractivity (Wildman–Crippen MR) is 86.7 cm³/mol. The summed E-state index contributed by atoms with van der Waals surface area (Å²) in [5.74, 6) is -0.382. The van der Waals surface area contributed by atoms with Crippen molar-refractivity contribution in [3.8, 4) is 11.5 Å². The summed E-state index contributed by atoms with van der Waals surface area (Å²) in [5, 5.41) is 0. The highest BCUT2D eigenvalue weighted by molar-refractivity contribution is 8.01. The molecule has 0 fully saturated rings. The molecule has 0 saturated heterocycles. The first-order valence-corrected chi connectivity index (χ1v) is 8.17. The van der Waals surface area contributed by atoms with E-state index in [0.29, 0.717) is 21.9 Å². The maximum absolute atomic E-state index is 12.4. The first kappa shape index (κ1) is 17.2. The Morgan fingerprint density at radius 3 is 2.68 bits per heavy atom. The van der Waals surface area contributed by atoms with Gasteiger partial charge in [-0.15, -0.1) is 13.2 Å². The van der Waals surface area contributed by atoms with Gasteiger partial charge in [-0.3, -0.25) is 4.79 Å². The van der Waals surface area contributed by atoms with Crippen LogP contribution in [-0.4, -0.2) is 24.9 Å². The molecule has 130 valence electrons. The van der Waals surface area contributed by atoms with Gasteiger partial charge in [0.2, 0.25) is 0 Å². The number of nitrogens with zero attached hydrogens (tertiary/aromatic N) is 2. The summed E-state index contributed by atoms with van der Waals surface area (Å²) < 4.78 is 50.1. The number of ether oxygens (including phenoxy) is 2. The predicted octanol–water partition coefficient (Wildman–Crippen LogP) is 4.27. The Balaban J connectivity index is 1.90. The number of benzene rings is 2. The number of methoxy groups -OCH3 is 1. The molecule has 0 bridgehead atoms. The van der Waals surface area contributed by atoms with Gasteiger partial charge in [0.05, 0.1) is 23.2 Å². The number of amides is 1. The van der Waals surface area contributed by atoms with Crippen LogP contribution < -0.4 is 9.47 Å². The molecule has 1 amide bonds.